The molecule has 0 aromatic heterocycles. The Morgan fingerprint density at radius 3 is 2.44 bits per heavy atom. The van der Waals surface area contributed by atoms with Crippen LogP contribution in [0.5, 0.6) is 0 Å². The maximum atomic E-state index is 5.12. The molecule has 0 aliphatic rings. The van der Waals surface area contributed by atoms with Crippen molar-refractivity contribution in [2.24, 2.45) is 0 Å². The summed E-state index contributed by atoms with van der Waals surface area (Å²) >= 11 is 0. The van der Waals surface area contributed by atoms with E-state index in [0.29, 0.717) is 12.1 Å². The van der Waals surface area contributed by atoms with E-state index >= 15 is 0 Å². The highest BCUT2D eigenvalue weighted by Crippen LogP contribution is 2.17. The molecule has 1 rings (SSSR count). The molecular formula is C14H23NO. The maximum absolute atomic E-state index is 5.12. The fourth-order valence-electron chi connectivity index (χ4n) is 1.86. The number of ether oxygens (including phenoxy) is 1. The number of benzene rings is 1. The van der Waals surface area contributed by atoms with E-state index in [4.69, 9.17) is 4.74 Å². The maximum Gasteiger partial charge on any atom is 0.0613 e. The van der Waals surface area contributed by atoms with Gasteiger partial charge in [-0.2, -0.15) is 0 Å². The van der Waals surface area contributed by atoms with E-state index in [1.807, 2.05) is 0 Å². The van der Waals surface area contributed by atoms with Gasteiger partial charge in [-0.1, -0.05) is 18.2 Å². The van der Waals surface area contributed by atoms with Crippen LogP contribution in [0.15, 0.2) is 18.2 Å². The van der Waals surface area contributed by atoms with Crippen LogP contribution >= 0.6 is 0 Å². The molecule has 0 spiro atoms. The van der Waals surface area contributed by atoms with E-state index in [9.17, 15) is 0 Å². The first kappa shape index (κ1) is 13.2. The Morgan fingerprint density at radius 2 is 1.88 bits per heavy atom. The van der Waals surface area contributed by atoms with Crippen molar-refractivity contribution in [3.05, 3.63) is 34.9 Å². The Morgan fingerprint density at radius 1 is 1.19 bits per heavy atom. The third-order valence-electron chi connectivity index (χ3n) is 2.98. The van der Waals surface area contributed by atoms with E-state index < -0.39 is 0 Å². The van der Waals surface area contributed by atoms with Crippen molar-refractivity contribution in [2.45, 2.75) is 39.8 Å². The van der Waals surface area contributed by atoms with Gasteiger partial charge in [-0.3, -0.25) is 0 Å². The van der Waals surface area contributed by atoms with Gasteiger partial charge in [0.2, 0.25) is 0 Å². The van der Waals surface area contributed by atoms with Crippen LogP contribution in [0, 0.1) is 13.8 Å². The van der Waals surface area contributed by atoms with Crippen molar-refractivity contribution in [1.29, 1.82) is 0 Å². The van der Waals surface area contributed by atoms with Crippen molar-refractivity contribution in [1.82, 2.24) is 5.32 Å². The Balaban J connectivity index is 2.65. The topological polar surface area (TPSA) is 21.3 Å². The average molecular weight is 221 g/mol. The first-order valence-electron chi connectivity index (χ1n) is 5.86. The van der Waals surface area contributed by atoms with Gasteiger partial charge < -0.3 is 10.1 Å². The number of methoxy groups -OCH3 is 1. The zero-order valence-corrected chi connectivity index (χ0v) is 11.0. The van der Waals surface area contributed by atoms with Crippen LogP contribution in [0.25, 0.3) is 0 Å². The quantitative estimate of drug-likeness (QED) is 0.825. The van der Waals surface area contributed by atoms with Crippen LogP contribution in [0.1, 0.15) is 36.6 Å². The molecule has 0 bridgehead atoms. The molecule has 0 amide bonds. The third kappa shape index (κ3) is 3.62. The summed E-state index contributed by atoms with van der Waals surface area (Å²) in [5.74, 6) is 0. The first-order chi connectivity index (χ1) is 7.54. The van der Waals surface area contributed by atoms with Crippen LogP contribution in [0.3, 0.4) is 0 Å². The van der Waals surface area contributed by atoms with Gasteiger partial charge in [0, 0.05) is 19.2 Å². The van der Waals surface area contributed by atoms with E-state index in [-0.39, 0.29) is 0 Å². The predicted molar refractivity (Wildman–Crippen MR) is 68.8 cm³/mol. The number of hydrogen-bond donors (Lipinski definition) is 1. The lowest BCUT2D eigenvalue weighted by atomic mass is 10.0. The summed E-state index contributed by atoms with van der Waals surface area (Å²) in [4.78, 5) is 0. The van der Waals surface area contributed by atoms with Crippen LogP contribution in [-0.4, -0.2) is 19.8 Å². The van der Waals surface area contributed by atoms with Crippen LogP contribution < -0.4 is 5.32 Å². The Kier molecular flexibility index (Phi) is 4.97. The van der Waals surface area contributed by atoms with E-state index in [1.54, 1.807) is 7.11 Å². The largest absolute Gasteiger partial charge is 0.383 e. The van der Waals surface area contributed by atoms with Gasteiger partial charge in [-0.25, -0.2) is 0 Å². The second kappa shape index (κ2) is 6.02. The molecule has 0 saturated carbocycles. The fraction of sp³-hybridized carbons (Fsp3) is 0.571. The SMILES string of the molecule is COCC(C)NC(C)c1ccc(C)c(C)c1. The molecule has 1 N–H and O–H groups in total. The van der Waals surface area contributed by atoms with Crippen molar-refractivity contribution < 1.29 is 4.74 Å². The lowest BCUT2D eigenvalue weighted by molar-refractivity contribution is 0.167. The summed E-state index contributed by atoms with van der Waals surface area (Å²) < 4.78 is 5.12. The second-order valence-electron chi connectivity index (χ2n) is 4.59. The summed E-state index contributed by atoms with van der Waals surface area (Å²) in [5.41, 5.74) is 4.04. The van der Waals surface area contributed by atoms with Crippen LogP contribution in [-0.2, 0) is 4.74 Å². The molecule has 2 heteroatoms. The lowest BCUT2D eigenvalue weighted by Gasteiger charge is -2.20. The predicted octanol–water partition coefficient (Wildman–Crippen LogP) is 2.99. The van der Waals surface area contributed by atoms with Gasteiger partial charge in [-0.05, 0) is 44.4 Å². The first-order valence-corrected chi connectivity index (χ1v) is 5.86. The minimum atomic E-state index is 0.365. The van der Waals surface area contributed by atoms with E-state index in [1.165, 1.54) is 16.7 Å². The van der Waals surface area contributed by atoms with Crippen molar-refractivity contribution in [3.63, 3.8) is 0 Å². The summed E-state index contributed by atoms with van der Waals surface area (Å²) in [5, 5.41) is 3.52. The number of aryl methyl sites for hydroxylation is 2. The molecule has 0 radical (unpaired) electrons. The number of hydrogen-bond acceptors (Lipinski definition) is 2. The van der Waals surface area contributed by atoms with Gasteiger partial charge in [0.15, 0.2) is 0 Å². The van der Waals surface area contributed by atoms with E-state index in [0.717, 1.165) is 6.61 Å². The summed E-state index contributed by atoms with van der Waals surface area (Å²) in [7, 11) is 1.73. The zero-order chi connectivity index (χ0) is 12.1. The average Bonchev–Trinajstić information content (AvgIpc) is 2.22. The minimum absolute atomic E-state index is 0.365. The number of nitrogens with one attached hydrogen (secondary N) is 1. The molecule has 0 aliphatic heterocycles. The summed E-state index contributed by atoms with van der Waals surface area (Å²) in [6, 6.07) is 7.38. The monoisotopic (exact) mass is 221 g/mol. The highest BCUT2D eigenvalue weighted by atomic mass is 16.5. The smallest absolute Gasteiger partial charge is 0.0613 e. The van der Waals surface area contributed by atoms with Crippen LogP contribution in [0.2, 0.25) is 0 Å². The van der Waals surface area contributed by atoms with Crippen LogP contribution in [0.4, 0.5) is 0 Å². The fourth-order valence-corrected chi connectivity index (χ4v) is 1.86. The summed E-state index contributed by atoms with van der Waals surface area (Å²) in [6.45, 7) is 9.38. The second-order valence-corrected chi connectivity index (χ2v) is 4.59. The van der Waals surface area contributed by atoms with Crippen molar-refractivity contribution in [2.75, 3.05) is 13.7 Å². The van der Waals surface area contributed by atoms with Gasteiger partial charge in [0.25, 0.3) is 0 Å². The van der Waals surface area contributed by atoms with Crippen molar-refractivity contribution >= 4 is 0 Å². The Labute approximate surface area is 99.0 Å². The molecule has 16 heavy (non-hydrogen) atoms. The molecule has 0 heterocycles. The normalized spacial score (nSPS) is 14.8. The highest BCUT2D eigenvalue weighted by molar-refractivity contribution is 5.31. The zero-order valence-electron chi connectivity index (χ0n) is 11.0. The molecule has 2 atom stereocenters. The molecular weight excluding hydrogens is 198 g/mol. The standard InChI is InChI=1S/C14H23NO/c1-10-6-7-14(8-11(10)2)13(4)15-12(3)9-16-5/h6-8,12-13,15H,9H2,1-5H3. The molecule has 0 fully saturated rings. The Hall–Kier alpha value is -0.860. The van der Waals surface area contributed by atoms with Gasteiger partial charge >= 0.3 is 0 Å². The molecule has 2 nitrogen and oxygen atoms in total. The molecule has 0 saturated heterocycles. The van der Waals surface area contributed by atoms with Gasteiger partial charge in [-0.15, -0.1) is 0 Å². The lowest BCUT2D eigenvalue weighted by Crippen LogP contribution is -2.32. The molecule has 1 aromatic rings. The molecule has 1 aromatic carbocycles. The van der Waals surface area contributed by atoms with Gasteiger partial charge in [0.05, 0.1) is 6.61 Å². The van der Waals surface area contributed by atoms with Gasteiger partial charge in [0.1, 0.15) is 0 Å². The molecule has 90 valence electrons. The highest BCUT2D eigenvalue weighted by Gasteiger charge is 2.09. The minimum Gasteiger partial charge on any atom is -0.383 e. The summed E-state index contributed by atoms with van der Waals surface area (Å²) in [6.07, 6.45) is 0. The number of rotatable bonds is 5. The molecule has 2 unspecified atom stereocenters. The Bertz CT molecular complexity index is 336. The van der Waals surface area contributed by atoms with E-state index in [2.05, 4.69) is 51.2 Å². The van der Waals surface area contributed by atoms with Crippen molar-refractivity contribution in [3.8, 4) is 0 Å². The third-order valence-corrected chi connectivity index (χ3v) is 2.98. The molecule has 0 aliphatic carbocycles.